The van der Waals surface area contributed by atoms with E-state index >= 15 is 0 Å². The number of nitrogens with zero attached hydrogens (tertiary/aromatic N) is 7. The Bertz CT molecular complexity index is 1170. The highest BCUT2D eigenvalue weighted by Gasteiger charge is 2.21. The molecule has 0 aromatic heterocycles. The van der Waals surface area contributed by atoms with Crippen molar-refractivity contribution in [3.8, 4) is 35.8 Å². The van der Waals surface area contributed by atoms with Crippen molar-refractivity contribution >= 4 is 30.6 Å². The second-order valence-electron chi connectivity index (χ2n) is 5.53. The van der Waals surface area contributed by atoms with Crippen molar-refractivity contribution in [2.45, 2.75) is 0 Å². The summed E-state index contributed by atoms with van der Waals surface area (Å²) in [6.07, 6.45) is 2.81. The SMILES string of the molecule is N#CC(C#N)=Cc1ccc(OP(=S)(N=[N+]=[N-])Oc2ccc(C=C(C#N)C#N)cc2)cc1. The molecular formula is C20H10N7O2PS. The highest BCUT2D eigenvalue weighted by Crippen LogP contribution is 2.50. The molecule has 0 N–H and O–H groups in total. The number of hydrogen-bond acceptors (Lipinski definition) is 7. The Morgan fingerprint density at radius 1 is 0.806 bits per heavy atom. The maximum Gasteiger partial charge on any atom is 0.379 e. The van der Waals surface area contributed by atoms with Crippen molar-refractivity contribution in [3.05, 3.63) is 81.2 Å². The van der Waals surface area contributed by atoms with Crippen LogP contribution in [0.25, 0.3) is 22.6 Å². The zero-order valence-corrected chi connectivity index (χ0v) is 17.3. The second-order valence-corrected chi connectivity index (χ2v) is 8.40. The van der Waals surface area contributed by atoms with Crippen molar-refractivity contribution in [3.63, 3.8) is 0 Å². The van der Waals surface area contributed by atoms with Gasteiger partial charge in [0.15, 0.2) is 0 Å². The van der Waals surface area contributed by atoms with Crippen LogP contribution < -0.4 is 9.05 Å². The van der Waals surface area contributed by atoms with Gasteiger partial charge in [-0.1, -0.05) is 24.3 Å². The Hall–Kier alpha value is -4.56. The molecule has 31 heavy (non-hydrogen) atoms. The standard InChI is InChI=1S/C20H10N7O2PS/c21-11-17(12-22)9-15-1-5-19(6-2-15)28-30(31,27-26-25)29-20-7-3-16(4-8-20)10-18(13-23)14-24/h1-10H. The first-order chi connectivity index (χ1) is 14.9. The maximum atomic E-state index is 8.87. The fourth-order valence-electron chi connectivity index (χ4n) is 2.13. The van der Waals surface area contributed by atoms with Gasteiger partial charge in [-0.15, -0.1) is 0 Å². The van der Waals surface area contributed by atoms with Gasteiger partial charge < -0.3 is 9.05 Å². The van der Waals surface area contributed by atoms with E-state index in [0.29, 0.717) is 11.1 Å². The van der Waals surface area contributed by atoms with Crippen molar-refractivity contribution in [2.24, 2.45) is 4.88 Å². The molecule has 9 nitrogen and oxygen atoms in total. The molecule has 0 aliphatic rings. The average Bonchev–Trinajstić information content (AvgIpc) is 2.78. The molecule has 2 aromatic rings. The predicted molar refractivity (Wildman–Crippen MR) is 116 cm³/mol. The highest BCUT2D eigenvalue weighted by molar-refractivity contribution is 8.09. The van der Waals surface area contributed by atoms with Crippen molar-refractivity contribution < 1.29 is 9.05 Å². The molecule has 0 saturated carbocycles. The smallest absolute Gasteiger partial charge is 0.379 e. The van der Waals surface area contributed by atoms with Crippen LogP contribution in [0.4, 0.5) is 0 Å². The zero-order chi connectivity index (χ0) is 22.7. The highest BCUT2D eigenvalue weighted by atomic mass is 32.5. The number of benzene rings is 2. The Morgan fingerprint density at radius 3 is 1.45 bits per heavy atom. The molecule has 0 spiro atoms. The lowest BCUT2D eigenvalue weighted by Crippen LogP contribution is -1.98. The van der Waals surface area contributed by atoms with E-state index in [2.05, 4.69) is 9.80 Å². The Morgan fingerprint density at radius 2 is 1.16 bits per heavy atom. The fraction of sp³-hybridized carbons (Fsp3) is 0. The molecule has 148 valence electrons. The summed E-state index contributed by atoms with van der Waals surface area (Å²) in [6, 6.07) is 19.6. The van der Waals surface area contributed by atoms with Gasteiger partial charge >= 0.3 is 6.64 Å². The van der Waals surface area contributed by atoms with Gasteiger partial charge in [-0.2, -0.15) is 21.0 Å². The lowest BCUT2D eigenvalue weighted by molar-refractivity contribution is 0.487. The molecule has 0 aliphatic carbocycles. The molecule has 0 radical (unpaired) electrons. The molecule has 0 bridgehead atoms. The van der Waals surface area contributed by atoms with Crippen LogP contribution in [0.5, 0.6) is 11.5 Å². The van der Waals surface area contributed by atoms with E-state index in [-0.39, 0.29) is 22.6 Å². The third-order valence-corrected chi connectivity index (χ3v) is 5.30. The topological polar surface area (TPSA) is 162 Å². The van der Waals surface area contributed by atoms with Crippen LogP contribution in [-0.2, 0) is 11.8 Å². The van der Waals surface area contributed by atoms with Crippen LogP contribution in [-0.4, -0.2) is 0 Å². The molecular weight excluding hydrogens is 433 g/mol. The number of hydrogen-bond donors (Lipinski definition) is 0. The average molecular weight is 443 g/mol. The number of azide groups is 1. The lowest BCUT2D eigenvalue weighted by Gasteiger charge is -2.19. The summed E-state index contributed by atoms with van der Waals surface area (Å²) in [5, 5.41) is 35.2. The number of nitriles is 4. The van der Waals surface area contributed by atoms with Gasteiger partial charge in [0.2, 0.25) is 0 Å². The molecule has 0 saturated heterocycles. The minimum absolute atomic E-state index is 0.0499. The molecule has 0 unspecified atom stereocenters. The van der Waals surface area contributed by atoms with Gasteiger partial charge in [-0.05, 0) is 64.9 Å². The summed E-state index contributed by atoms with van der Waals surface area (Å²) in [4.78, 5) is 6.22. The quantitative estimate of drug-likeness (QED) is 0.178. The van der Waals surface area contributed by atoms with Crippen LogP contribution in [0.3, 0.4) is 0 Å². The Kier molecular flexibility index (Phi) is 7.95. The molecule has 2 rings (SSSR count). The number of allylic oxidation sites excluding steroid dienone is 2. The van der Waals surface area contributed by atoms with Gasteiger partial charge in [-0.3, -0.25) is 0 Å². The van der Waals surface area contributed by atoms with Gasteiger partial charge in [0.05, 0.1) is 0 Å². The van der Waals surface area contributed by atoms with Crippen LogP contribution in [0.2, 0.25) is 0 Å². The largest absolute Gasteiger partial charge is 0.431 e. The van der Waals surface area contributed by atoms with E-state index < -0.39 is 6.64 Å². The van der Waals surface area contributed by atoms with Crippen molar-refractivity contribution in [1.29, 1.82) is 21.0 Å². The van der Waals surface area contributed by atoms with E-state index in [1.165, 1.54) is 36.4 Å². The minimum atomic E-state index is -3.47. The first-order valence-electron chi connectivity index (χ1n) is 8.25. The van der Waals surface area contributed by atoms with Crippen LogP contribution >= 0.6 is 6.64 Å². The molecule has 2 aromatic carbocycles. The summed E-state index contributed by atoms with van der Waals surface area (Å²) in [5.41, 5.74) is 9.97. The lowest BCUT2D eigenvalue weighted by atomic mass is 10.1. The van der Waals surface area contributed by atoms with Gasteiger partial charge in [0, 0.05) is 9.80 Å². The first-order valence-corrected chi connectivity index (χ1v) is 10.8. The molecule has 0 aliphatic heterocycles. The molecule has 11 heteroatoms. The van der Waals surface area contributed by atoms with Gasteiger partial charge in [0.25, 0.3) is 0 Å². The summed E-state index contributed by atoms with van der Waals surface area (Å²) in [5.74, 6) is 0.547. The summed E-state index contributed by atoms with van der Waals surface area (Å²) in [6.45, 7) is -3.47. The maximum absolute atomic E-state index is 8.87. The van der Waals surface area contributed by atoms with E-state index in [0.717, 1.165) is 0 Å². The van der Waals surface area contributed by atoms with Crippen molar-refractivity contribution in [2.75, 3.05) is 0 Å². The Labute approximate surface area is 182 Å². The third kappa shape index (κ3) is 6.77. The third-order valence-electron chi connectivity index (χ3n) is 3.46. The summed E-state index contributed by atoms with van der Waals surface area (Å²) < 4.78 is 11.2. The Balaban J connectivity index is 2.22. The van der Waals surface area contributed by atoms with E-state index in [9.17, 15) is 0 Å². The zero-order valence-electron chi connectivity index (χ0n) is 15.6. The minimum Gasteiger partial charge on any atom is -0.431 e. The predicted octanol–water partition coefficient (Wildman–Crippen LogP) is 5.54. The van der Waals surface area contributed by atoms with Crippen LogP contribution in [0.15, 0.2) is 64.6 Å². The normalized spacial score (nSPS) is 9.29. The molecule has 0 fully saturated rings. The van der Waals surface area contributed by atoms with E-state index in [4.69, 9.17) is 47.4 Å². The van der Waals surface area contributed by atoms with Crippen LogP contribution in [0, 0.1) is 45.3 Å². The van der Waals surface area contributed by atoms with Crippen molar-refractivity contribution in [1.82, 2.24) is 0 Å². The molecule has 0 amide bonds. The summed E-state index contributed by atoms with van der Waals surface area (Å²) >= 11 is 5.30. The molecule has 0 heterocycles. The molecule has 0 atom stereocenters. The van der Waals surface area contributed by atoms with Crippen LogP contribution in [0.1, 0.15) is 11.1 Å². The van der Waals surface area contributed by atoms with Gasteiger partial charge in [0.1, 0.15) is 46.9 Å². The van der Waals surface area contributed by atoms with Gasteiger partial charge in [-0.25, -0.2) is 0 Å². The fourth-order valence-corrected chi connectivity index (χ4v) is 3.73. The number of rotatable bonds is 7. The monoisotopic (exact) mass is 443 g/mol. The second kappa shape index (κ2) is 10.8. The van der Waals surface area contributed by atoms with E-state index in [1.54, 1.807) is 48.5 Å². The van der Waals surface area contributed by atoms with E-state index in [1.807, 2.05) is 0 Å². The first kappa shape index (κ1) is 22.7. The summed E-state index contributed by atoms with van der Waals surface area (Å²) in [7, 11) is 0.